The van der Waals surface area contributed by atoms with Gasteiger partial charge in [-0.3, -0.25) is 4.79 Å². The van der Waals surface area contributed by atoms with E-state index in [0.717, 1.165) is 31.2 Å². The zero-order valence-electron chi connectivity index (χ0n) is 10.9. The third-order valence-electron chi connectivity index (χ3n) is 2.67. The van der Waals surface area contributed by atoms with Crippen LogP contribution in [0.5, 0.6) is 0 Å². The summed E-state index contributed by atoms with van der Waals surface area (Å²) in [6.07, 6.45) is 4.09. The number of carbonyl (C=O) groups excluding carboxylic acids is 1. The lowest BCUT2D eigenvalue weighted by atomic mass is 10.1. The summed E-state index contributed by atoms with van der Waals surface area (Å²) in [6.45, 7) is 3.53. The maximum absolute atomic E-state index is 11.7. The van der Waals surface area contributed by atoms with E-state index < -0.39 is 0 Å². The van der Waals surface area contributed by atoms with Crippen molar-refractivity contribution in [2.45, 2.75) is 32.6 Å². The molecule has 1 aromatic carbocycles. The summed E-state index contributed by atoms with van der Waals surface area (Å²) in [7, 11) is 0. The van der Waals surface area contributed by atoms with Crippen molar-refractivity contribution in [1.82, 2.24) is 5.32 Å². The standard InChI is InChI=1S/C14H22N2O.ClH/c1-2-5-12-6-8-13(9-7-12)14(17)16-11-4-3-10-15;/h6-9H,2-5,10-11,15H2,1H3,(H,16,17);1H. The molecule has 1 amide bonds. The van der Waals surface area contributed by atoms with Crippen LogP contribution in [0, 0.1) is 0 Å². The summed E-state index contributed by atoms with van der Waals surface area (Å²) in [5, 5.41) is 2.89. The fraction of sp³-hybridized carbons (Fsp3) is 0.500. The van der Waals surface area contributed by atoms with Crippen LogP contribution < -0.4 is 11.1 Å². The van der Waals surface area contributed by atoms with Crippen molar-refractivity contribution >= 4 is 18.3 Å². The van der Waals surface area contributed by atoms with Gasteiger partial charge >= 0.3 is 0 Å². The van der Waals surface area contributed by atoms with Gasteiger partial charge in [-0.2, -0.15) is 0 Å². The van der Waals surface area contributed by atoms with Gasteiger partial charge < -0.3 is 11.1 Å². The van der Waals surface area contributed by atoms with Crippen LogP contribution in [-0.4, -0.2) is 19.0 Å². The van der Waals surface area contributed by atoms with Crippen LogP contribution in [0.2, 0.25) is 0 Å². The number of amides is 1. The zero-order chi connectivity index (χ0) is 12.5. The normalized spacial score (nSPS) is 9.67. The maximum Gasteiger partial charge on any atom is 0.251 e. The van der Waals surface area contributed by atoms with Crippen molar-refractivity contribution in [1.29, 1.82) is 0 Å². The van der Waals surface area contributed by atoms with Gasteiger partial charge in [0, 0.05) is 12.1 Å². The van der Waals surface area contributed by atoms with Crippen LogP contribution in [0.1, 0.15) is 42.1 Å². The van der Waals surface area contributed by atoms with Gasteiger partial charge in [0.1, 0.15) is 0 Å². The molecule has 0 heterocycles. The van der Waals surface area contributed by atoms with E-state index in [2.05, 4.69) is 12.2 Å². The molecule has 4 heteroatoms. The molecule has 1 rings (SSSR count). The Balaban J connectivity index is 0.00000289. The summed E-state index contributed by atoms with van der Waals surface area (Å²) >= 11 is 0. The fourth-order valence-electron chi connectivity index (χ4n) is 1.68. The molecular formula is C14H23ClN2O. The highest BCUT2D eigenvalue weighted by Crippen LogP contribution is 2.06. The second-order valence-corrected chi connectivity index (χ2v) is 4.20. The molecule has 0 aromatic heterocycles. The Labute approximate surface area is 116 Å². The number of hydrogen-bond donors (Lipinski definition) is 2. The van der Waals surface area contributed by atoms with Crippen LogP contribution in [0.4, 0.5) is 0 Å². The van der Waals surface area contributed by atoms with Crippen molar-refractivity contribution in [2.75, 3.05) is 13.1 Å². The molecule has 0 aliphatic carbocycles. The molecule has 18 heavy (non-hydrogen) atoms. The largest absolute Gasteiger partial charge is 0.352 e. The second kappa shape index (κ2) is 9.92. The predicted octanol–water partition coefficient (Wildman–Crippen LogP) is 2.53. The van der Waals surface area contributed by atoms with Gasteiger partial charge in [0.15, 0.2) is 0 Å². The van der Waals surface area contributed by atoms with Gasteiger partial charge in [0.25, 0.3) is 5.91 Å². The first-order valence-corrected chi connectivity index (χ1v) is 6.35. The van der Waals surface area contributed by atoms with Crippen LogP contribution >= 0.6 is 12.4 Å². The van der Waals surface area contributed by atoms with Crippen LogP contribution in [-0.2, 0) is 6.42 Å². The topological polar surface area (TPSA) is 55.1 Å². The highest BCUT2D eigenvalue weighted by molar-refractivity contribution is 5.94. The van der Waals surface area contributed by atoms with Crippen LogP contribution in [0.3, 0.4) is 0 Å². The molecule has 0 spiro atoms. The first-order valence-electron chi connectivity index (χ1n) is 6.35. The van der Waals surface area contributed by atoms with E-state index in [1.807, 2.05) is 24.3 Å². The molecule has 0 atom stereocenters. The number of carbonyl (C=O) groups is 1. The Morgan fingerprint density at radius 1 is 1.22 bits per heavy atom. The number of benzene rings is 1. The predicted molar refractivity (Wildman–Crippen MR) is 78.3 cm³/mol. The quantitative estimate of drug-likeness (QED) is 0.748. The SMILES string of the molecule is CCCc1ccc(C(=O)NCCCCN)cc1.Cl. The van der Waals surface area contributed by atoms with Crippen molar-refractivity contribution < 1.29 is 4.79 Å². The molecule has 0 saturated carbocycles. The summed E-state index contributed by atoms with van der Waals surface area (Å²) in [5.41, 5.74) is 7.41. The van der Waals surface area contributed by atoms with E-state index >= 15 is 0 Å². The molecule has 0 fully saturated rings. The number of aryl methyl sites for hydroxylation is 1. The summed E-state index contributed by atoms with van der Waals surface area (Å²) in [6, 6.07) is 7.84. The maximum atomic E-state index is 11.7. The molecular weight excluding hydrogens is 248 g/mol. The van der Waals surface area contributed by atoms with Crippen LogP contribution in [0.15, 0.2) is 24.3 Å². The Hall–Kier alpha value is -1.06. The molecule has 0 aliphatic rings. The average molecular weight is 271 g/mol. The second-order valence-electron chi connectivity index (χ2n) is 4.20. The average Bonchev–Trinajstić information content (AvgIpc) is 2.36. The molecule has 102 valence electrons. The smallest absolute Gasteiger partial charge is 0.251 e. The fourth-order valence-corrected chi connectivity index (χ4v) is 1.68. The minimum atomic E-state index is 0. The van der Waals surface area contributed by atoms with Gasteiger partial charge in [-0.1, -0.05) is 25.5 Å². The first kappa shape index (κ1) is 16.9. The van der Waals surface area contributed by atoms with E-state index in [9.17, 15) is 4.79 Å². The van der Waals surface area contributed by atoms with E-state index in [0.29, 0.717) is 13.1 Å². The summed E-state index contributed by atoms with van der Waals surface area (Å²) in [5.74, 6) is 0.00469. The monoisotopic (exact) mass is 270 g/mol. The van der Waals surface area contributed by atoms with Gasteiger partial charge in [-0.25, -0.2) is 0 Å². The lowest BCUT2D eigenvalue weighted by Crippen LogP contribution is -2.24. The van der Waals surface area contributed by atoms with Crippen molar-refractivity contribution in [2.24, 2.45) is 5.73 Å². The lowest BCUT2D eigenvalue weighted by molar-refractivity contribution is 0.0953. The van der Waals surface area contributed by atoms with Gasteiger partial charge in [0.2, 0.25) is 0 Å². The minimum Gasteiger partial charge on any atom is -0.352 e. The number of halogens is 1. The minimum absolute atomic E-state index is 0. The number of nitrogens with two attached hydrogens (primary N) is 1. The van der Waals surface area contributed by atoms with Gasteiger partial charge in [0.05, 0.1) is 0 Å². The lowest BCUT2D eigenvalue weighted by Gasteiger charge is -2.05. The number of rotatable bonds is 7. The first-order chi connectivity index (χ1) is 8.27. The highest BCUT2D eigenvalue weighted by atomic mass is 35.5. The molecule has 0 aliphatic heterocycles. The Morgan fingerprint density at radius 2 is 1.89 bits per heavy atom. The third-order valence-corrected chi connectivity index (χ3v) is 2.67. The highest BCUT2D eigenvalue weighted by Gasteiger charge is 2.03. The van der Waals surface area contributed by atoms with Crippen LogP contribution in [0.25, 0.3) is 0 Å². The van der Waals surface area contributed by atoms with E-state index in [1.54, 1.807) is 0 Å². The third kappa shape index (κ3) is 6.03. The van der Waals surface area contributed by atoms with Crippen molar-refractivity contribution in [3.8, 4) is 0 Å². The number of unbranched alkanes of at least 4 members (excludes halogenated alkanes) is 1. The zero-order valence-corrected chi connectivity index (χ0v) is 11.8. The summed E-state index contributed by atoms with van der Waals surface area (Å²) < 4.78 is 0. The Morgan fingerprint density at radius 3 is 2.44 bits per heavy atom. The molecule has 0 radical (unpaired) electrons. The summed E-state index contributed by atoms with van der Waals surface area (Å²) in [4.78, 5) is 11.7. The molecule has 3 nitrogen and oxygen atoms in total. The van der Waals surface area contributed by atoms with E-state index in [-0.39, 0.29) is 18.3 Å². The van der Waals surface area contributed by atoms with Crippen molar-refractivity contribution in [3.63, 3.8) is 0 Å². The van der Waals surface area contributed by atoms with Gasteiger partial charge in [-0.15, -0.1) is 12.4 Å². The molecule has 0 unspecified atom stereocenters. The van der Waals surface area contributed by atoms with E-state index in [1.165, 1.54) is 5.56 Å². The molecule has 0 bridgehead atoms. The van der Waals surface area contributed by atoms with Crippen molar-refractivity contribution in [3.05, 3.63) is 35.4 Å². The number of hydrogen-bond acceptors (Lipinski definition) is 2. The Bertz CT molecular complexity index is 338. The van der Waals surface area contributed by atoms with Gasteiger partial charge in [-0.05, 0) is 43.5 Å². The molecule has 3 N–H and O–H groups in total. The molecule has 1 aromatic rings. The molecule has 0 saturated heterocycles. The number of nitrogens with one attached hydrogen (secondary N) is 1. The van der Waals surface area contributed by atoms with E-state index in [4.69, 9.17) is 5.73 Å². The Kier molecular flexibility index (Phi) is 9.33.